The predicted octanol–water partition coefficient (Wildman–Crippen LogP) is 2.89. The Kier molecular flexibility index (Phi) is 4.93. The molecule has 86 valence electrons. The van der Waals surface area contributed by atoms with E-state index in [2.05, 4.69) is 0 Å². The van der Waals surface area contributed by atoms with Gasteiger partial charge in [-0.25, -0.2) is 0 Å². The molecular weight excluding hydrogens is 198 g/mol. The zero-order chi connectivity index (χ0) is 12.0. The molecule has 0 saturated heterocycles. The van der Waals surface area contributed by atoms with Crippen molar-refractivity contribution in [2.75, 3.05) is 6.54 Å². The number of carbonyl (C=O) groups is 1. The Labute approximate surface area is 97.2 Å². The summed E-state index contributed by atoms with van der Waals surface area (Å²) in [4.78, 5) is 11.7. The Bertz CT molecular complexity index is 363. The molecule has 2 nitrogen and oxygen atoms in total. The van der Waals surface area contributed by atoms with Gasteiger partial charge >= 0.3 is 0 Å². The number of benzene rings is 1. The van der Waals surface area contributed by atoms with E-state index in [-0.39, 0.29) is 11.7 Å². The monoisotopic (exact) mass is 217 g/mol. The summed E-state index contributed by atoms with van der Waals surface area (Å²) in [5, 5.41) is 0. The van der Waals surface area contributed by atoms with Crippen LogP contribution in [-0.4, -0.2) is 12.3 Å². The highest BCUT2D eigenvalue weighted by atomic mass is 16.1. The number of carbonyl (C=O) groups excluding carboxylic acids is 1. The molecule has 0 aliphatic heterocycles. The van der Waals surface area contributed by atoms with Crippen LogP contribution in [0.3, 0.4) is 0 Å². The molecule has 2 N–H and O–H groups in total. The van der Waals surface area contributed by atoms with Crippen LogP contribution < -0.4 is 5.73 Å². The maximum absolute atomic E-state index is 11.7. The first-order chi connectivity index (χ1) is 7.65. The fraction of sp³-hybridized carbons (Fsp3) is 0.357. The molecule has 0 heterocycles. The standard InChI is InChI=1S/C14H19NO/c1-11(2)14(16)13-8-6-12(7-9-13)5-3-4-10-15/h3,5-9,11H,4,10,15H2,1-2H3. The summed E-state index contributed by atoms with van der Waals surface area (Å²) in [6, 6.07) is 7.68. The van der Waals surface area contributed by atoms with E-state index in [0.717, 1.165) is 17.5 Å². The molecule has 0 aromatic heterocycles. The number of nitrogens with two attached hydrogens (primary N) is 1. The summed E-state index contributed by atoms with van der Waals surface area (Å²) in [5.41, 5.74) is 7.28. The fourth-order valence-electron chi connectivity index (χ4n) is 1.41. The minimum absolute atomic E-state index is 0.0543. The van der Waals surface area contributed by atoms with Gasteiger partial charge in [-0.3, -0.25) is 4.79 Å². The summed E-state index contributed by atoms with van der Waals surface area (Å²) in [7, 11) is 0. The SMILES string of the molecule is CC(C)C(=O)c1ccc(C=CCCN)cc1. The molecule has 1 aromatic carbocycles. The van der Waals surface area contributed by atoms with E-state index < -0.39 is 0 Å². The molecule has 0 atom stereocenters. The molecule has 0 radical (unpaired) electrons. The Morgan fingerprint density at radius 3 is 2.44 bits per heavy atom. The summed E-state index contributed by atoms with van der Waals surface area (Å²) in [6.45, 7) is 4.50. The molecule has 0 bridgehead atoms. The molecule has 2 heteroatoms. The zero-order valence-electron chi connectivity index (χ0n) is 9.94. The molecule has 1 aromatic rings. The molecule has 0 spiro atoms. The Morgan fingerprint density at radius 2 is 1.94 bits per heavy atom. The molecule has 0 fully saturated rings. The minimum Gasteiger partial charge on any atom is -0.330 e. The van der Waals surface area contributed by atoms with Crippen LogP contribution in [0, 0.1) is 5.92 Å². The zero-order valence-corrected chi connectivity index (χ0v) is 9.94. The van der Waals surface area contributed by atoms with Crippen molar-refractivity contribution >= 4 is 11.9 Å². The molecule has 0 amide bonds. The third-order valence-electron chi connectivity index (χ3n) is 2.36. The minimum atomic E-state index is 0.0543. The number of Topliss-reactive ketones (excluding diaryl/α,β-unsaturated/α-hetero) is 1. The summed E-state index contributed by atoms with van der Waals surface area (Å²) in [5.74, 6) is 0.246. The van der Waals surface area contributed by atoms with Gasteiger partial charge in [0, 0.05) is 11.5 Å². The van der Waals surface area contributed by atoms with Crippen molar-refractivity contribution < 1.29 is 4.79 Å². The normalized spacial score (nSPS) is 11.2. The van der Waals surface area contributed by atoms with Crippen LogP contribution in [0.5, 0.6) is 0 Å². The van der Waals surface area contributed by atoms with Gasteiger partial charge in [0.25, 0.3) is 0 Å². The van der Waals surface area contributed by atoms with Crippen LogP contribution in [0.25, 0.3) is 6.08 Å². The molecule has 0 saturated carbocycles. The third kappa shape index (κ3) is 3.63. The quantitative estimate of drug-likeness (QED) is 0.771. The maximum atomic E-state index is 11.7. The van der Waals surface area contributed by atoms with E-state index in [0.29, 0.717) is 6.54 Å². The highest BCUT2D eigenvalue weighted by Gasteiger charge is 2.08. The first-order valence-corrected chi connectivity index (χ1v) is 5.66. The van der Waals surface area contributed by atoms with Crippen LogP contribution in [0.4, 0.5) is 0 Å². The fourth-order valence-corrected chi connectivity index (χ4v) is 1.41. The lowest BCUT2D eigenvalue weighted by Gasteiger charge is -2.03. The van der Waals surface area contributed by atoms with E-state index in [4.69, 9.17) is 5.73 Å². The largest absolute Gasteiger partial charge is 0.330 e. The van der Waals surface area contributed by atoms with E-state index in [1.807, 2.05) is 50.3 Å². The Balaban J connectivity index is 2.71. The summed E-state index contributed by atoms with van der Waals surface area (Å²) < 4.78 is 0. The van der Waals surface area contributed by atoms with Gasteiger partial charge in [0.1, 0.15) is 0 Å². The van der Waals surface area contributed by atoms with Crippen molar-refractivity contribution in [2.24, 2.45) is 11.7 Å². The van der Waals surface area contributed by atoms with Crippen molar-refractivity contribution in [3.8, 4) is 0 Å². The number of rotatable bonds is 5. The molecule has 1 rings (SSSR count). The predicted molar refractivity (Wildman–Crippen MR) is 68.3 cm³/mol. The van der Waals surface area contributed by atoms with Gasteiger partial charge in [-0.05, 0) is 18.5 Å². The van der Waals surface area contributed by atoms with Crippen LogP contribution >= 0.6 is 0 Å². The lowest BCUT2D eigenvalue weighted by molar-refractivity contribution is 0.0939. The van der Waals surface area contributed by atoms with Crippen LogP contribution in [-0.2, 0) is 0 Å². The molecular formula is C14H19NO. The smallest absolute Gasteiger partial charge is 0.165 e. The first-order valence-electron chi connectivity index (χ1n) is 5.66. The van der Waals surface area contributed by atoms with Gasteiger partial charge in [0.05, 0.1) is 0 Å². The second-order valence-electron chi connectivity index (χ2n) is 4.12. The van der Waals surface area contributed by atoms with Crippen LogP contribution in [0.2, 0.25) is 0 Å². The summed E-state index contributed by atoms with van der Waals surface area (Å²) >= 11 is 0. The van der Waals surface area contributed by atoms with Gasteiger partial charge in [0.15, 0.2) is 5.78 Å². The Morgan fingerprint density at radius 1 is 1.31 bits per heavy atom. The molecule has 16 heavy (non-hydrogen) atoms. The van der Waals surface area contributed by atoms with Crippen LogP contribution in [0.1, 0.15) is 36.2 Å². The second-order valence-corrected chi connectivity index (χ2v) is 4.12. The van der Waals surface area contributed by atoms with Crippen LogP contribution in [0.15, 0.2) is 30.3 Å². The average Bonchev–Trinajstić information content (AvgIpc) is 2.29. The first kappa shape index (κ1) is 12.7. The van der Waals surface area contributed by atoms with Gasteiger partial charge in [-0.2, -0.15) is 0 Å². The van der Waals surface area contributed by atoms with E-state index in [1.165, 1.54) is 0 Å². The van der Waals surface area contributed by atoms with E-state index in [9.17, 15) is 4.79 Å². The van der Waals surface area contributed by atoms with Crippen molar-refractivity contribution in [2.45, 2.75) is 20.3 Å². The van der Waals surface area contributed by atoms with Crippen molar-refractivity contribution in [3.05, 3.63) is 41.5 Å². The lowest BCUT2D eigenvalue weighted by atomic mass is 10.00. The second kappa shape index (κ2) is 6.23. The highest BCUT2D eigenvalue weighted by molar-refractivity contribution is 5.97. The van der Waals surface area contributed by atoms with E-state index in [1.54, 1.807) is 0 Å². The van der Waals surface area contributed by atoms with E-state index >= 15 is 0 Å². The third-order valence-corrected chi connectivity index (χ3v) is 2.36. The number of hydrogen-bond acceptors (Lipinski definition) is 2. The van der Waals surface area contributed by atoms with Gasteiger partial charge in [0.2, 0.25) is 0 Å². The summed E-state index contributed by atoms with van der Waals surface area (Å²) in [6.07, 6.45) is 4.95. The highest BCUT2D eigenvalue weighted by Crippen LogP contribution is 2.11. The van der Waals surface area contributed by atoms with Crippen molar-refractivity contribution in [3.63, 3.8) is 0 Å². The molecule has 0 aliphatic rings. The maximum Gasteiger partial charge on any atom is 0.165 e. The van der Waals surface area contributed by atoms with Gasteiger partial charge in [-0.15, -0.1) is 0 Å². The Hall–Kier alpha value is -1.41. The van der Waals surface area contributed by atoms with Gasteiger partial charge < -0.3 is 5.73 Å². The molecule has 0 unspecified atom stereocenters. The molecule has 0 aliphatic carbocycles. The van der Waals surface area contributed by atoms with Crippen molar-refractivity contribution in [1.82, 2.24) is 0 Å². The number of ketones is 1. The lowest BCUT2D eigenvalue weighted by Crippen LogP contribution is -2.06. The van der Waals surface area contributed by atoms with Crippen molar-refractivity contribution in [1.29, 1.82) is 0 Å². The number of hydrogen-bond donors (Lipinski definition) is 1. The average molecular weight is 217 g/mol. The topological polar surface area (TPSA) is 43.1 Å². The van der Waals surface area contributed by atoms with Gasteiger partial charge in [-0.1, -0.05) is 50.3 Å².